The van der Waals surface area contributed by atoms with Gasteiger partial charge >= 0.3 is 0 Å². The molecule has 1 aromatic heterocycles. The number of hydrogen-bond donors (Lipinski definition) is 2. The fourth-order valence-electron chi connectivity index (χ4n) is 2.09. The summed E-state index contributed by atoms with van der Waals surface area (Å²) in [6.45, 7) is 1.53. The summed E-state index contributed by atoms with van der Waals surface area (Å²) < 4.78 is 37.1. The Bertz CT molecular complexity index is 730. The monoisotopic (exact) mass is 492 g/mol. The molecule has 27 heavy (non-hydrogen) atoms. The van der Waals surface area contributed by atoms with E-state index in [0.717, 1.165) is 23.8 Å². The van der Waals surface area contributed by atoms with Gasteiger partial charge in [0, 0.05) is 45.1 Å². The molecule has 0 saturated heterocycles. The summed E-state index contributed by atoms with van der Waals surface area (Å²) in [4.78, 5) is 8.26. The van der Waals surface area contributed by atoms with E-state index in [4.69, 9.17) is 9.47 Å². The van der Waals surface area contributed by atoms with Crippen molar-refractivity contribution in [1.29, 1.82) is 0 Å². The Balaban J connectivity index is 0.00000364. The summed E-state index contributed by atoms with van der Waals surface area (Å²) in [5, 5.41) is 6.03. The standard InChI is InChI=1S/C18H22F2N4O2.HI/c1-21-18(24-12-14-9-15(19)4-5-16(14)20)23-11-13-3-6-17(22-10-13)26-8-7-25-2;/h3-6,9-10H,7-8,11-12H2,1-2H3,(H2,21,23,24);1H. The lowest BCUT2D eigenvalue weighted by Gasteiger charge is -2.12. The average Bonchev–Trinajstić information content (AvgIpc) is 2.66. The van der Waals surface area contributed by atoms with Crippen molar-refractivity contribution in [2.75, 3.05) is 27.4 Å². The number of nitrogens with zero attached hydrogens (tertiary/aromatic N) is 2. The molecule has 1 heterocycles. The Morgan fingerprint density at radius 3 is 2.56 bits per heavy atom. The van der Waals surface area contributed by atoms with Gasteiger partial charge in [0.1, 0.15) is 18.2 Å². The van der Waals surface area contributed by atoms with Gasteiger partial charge in [0.25, 0.3) is 0 Å². The zero-order chi connectivity index (χ0) is 18.8. The van der Waals surface area contributed by atoms with E-state index in [1.165, 1.54) is 0 Å². The van der Waals surface area contributed by atoms with Gasteiger partial charge in [-0.2, -0.15) is 0 Å². The van der Waals surface area contributed by atoms with E-state index in [9.17, 15) is 8.78 Å². The topological polar surface area (TPSA) is 67.8 Å². The second-order valence-corrected chi connectivity index (χ2v) is 5.36. The number of hydrogen-bond acceptors (Lipinski definition) is 4. The summed E-state index contributed by atoms with van der Waals surface area (Å²) in [7, 11) is 3.21. The Kier molecular flexibility index (Phi) is 10.6. The summed E-state index contributed by atoms with van der Waals surface area (Å²) >= 11 is 0. The normalized spacial score (nSPS) is 10.9. The molecule has 0 spiro atoms. The molecule has 2 N–H and O–H groups in total. The highest BCUT2D eigenvalue weighted by atomic mass is 127. The van der Waals surface area contributed by atoms with Crippen LogP contribution in [0.2, 0.25) is 0 Å². The summed E-state index contributed by atoms with van der Waals surface area (Å²) in [6, 6.07) is 6.99. The molecule has 0 amide bonds. The Labute approximate surface area is 174 Å². The van der Waals surface area contributed by atoms with Crippen molar-refractivity contribution in [2.45, 2.75) is 13.1 Å². The van der Waals surface area contributed by atoms with E-state index in [1.54, 1.807) is 26.4 Å². The van der Waals surface area contributed by atoms with Crippen LogP contribution in [0.1, 0.15) is 11.1 Å². The van der Waals surface area contributed by atoms with E-state index in [2.05, 4.69) is 20.6 Å². The fraction of sp³-hybridized carbons (Fsp3) is 0.333. The zero-order valence-corrected chi connectivity index (χ0v) is 17.5. The van der Waals surface area contributed by atoms with E-state index in [0.29, 0.717) is 31.6 Å². The van der Waals surface area contributed by atoms with Crippen LogP contribution in [0.3, 0.4) is 0 Å². The first kappa shape index (κ1) is 23.0. The Morgan fingerprint density at radius 2 is 1.89 bits per heavy atom. The summed E-state index contributed by atoms with van der Waals surface area (Å²) in [5.41, 5.74) is 1.15. The molecule has 2 rings (SSSR count). The number of halogens is 3. The molecule has 0 atom stereocenters. The number of guanidine groups is 1. The van der Waals surface area contributed by atoms with Crippen molar-refractivity contribution < 1.29 is 18.3 Å². The number of aromatic nitrogens is 1. The van der Waals surface area contributed by atoms with Crippen molar-refractivity contribution in [3.63, 3.8) is 0 Å². The molecule has 0 unspecified atom stereocenters. The van der Waals surface area contributed by atoms with Crippen molar-refractivity contribution in [3.05, 3.63) is 59.3 Å². The van der Waals surface area contributed by atoms with E-state index in [-0.39, 0.29) is 36.1 Å². The minimum absolute atomic E-state index is 0. The van der Waals surface area contributed by atoms with Gasteiger partial charge in [0.15, 0.2) is 5.96 Å². The Morgan fingerprint density at radius 1 is 1.11 bits per heavy atom. The largest absolute Gasteiger partial charge is 0.475 e. The molecule has 9 heteroatoms. The third kappa shape index (κ3) is 8.04. The molecule has 1 aromatic carbocycles. The molecule has 0 bridgehead atoms. The lowest BCUT2D eigenvalue weighted by molar-refractivity contribution is 0.143. The smallest absolute Gasteiger partial charge is 0.213 e. The van der Waals surface area contributed by atoms with Crippen LogP contribution in [0.15, 0.2) is 41.5 Å². The zero-order valence-electron chi connectivity index (χ0n) is 15.2. The van der Waals surface area contributed by atoms with Crippen molar-refractivity contribution in [2.24, 2.45) is 4.99 Å². The molecule has 2 aromatic rings. The predicted octanol–water partition coefficient (Wildman–Crippen LogP) is 2.87. The minimum Gasteiger partial charge on any atom is -0.475 e. The maximum absolute atomic E-state index is 13.6. The van der Waals surface area contributed by atoms with Crippen molar-refractivity contribution >= 4 is 29.9 Å². The lowest BCUT2D eigenvalue weighted by atomic mass is 10.2. The maximum atomic E-state index is 13.6. The van der Waals surface area contributed by atoms with Crippen LogP contribution in [0.4, 0.5) is 8.78 Å². The van der Waals surface area contributed by atoms with Gasteiger partial charge in [-0.05, 0) is 23.8 Å². The SMILES string of the molecule is CN=C(NCc1ccc(OCCOC)nc1)NCc1cc(F)ccc1F.I. The van der Waals surface area contributed by atoms with Crippen LogP contribution in [-0.2, 0) is 17.8 Å². The van der Waals surface area contributed by atoms with Crippen LogP contribution >= 0.6 is 24.0 Å². The summed E-state index contributed by atoms with van der Waals surface area (Å²) in [6.07, 6.45) is 1.69. The number of benzene rings is 1. The number of rotatable bonds is 8. The highest BCUT2D eigenvalue weighted by Gasteiger charge is 2.05. The van der Waals surface area contributed by atoms with Gasteiger partial charge in [-0.25, -0.2) is 13.8 Å². The van der Waals surface area contributed by atoms with E-state index < -0.39 is 11.6 Å². The molecule has 0 aliphatic carbocycles. The number of methoxy groups -OCH3 is 1. The van der Waals surface area contributed by atoms with Crippen LogP contribution in [-0.4, -0.2) is 38.3 Å². The maximum Gasteiger partial charge on any atom is 0.213 e. The minimum atomic E-state index is -0.481. The average molecular weight is 492 g/mol. The van der Waals surface area contributed by atoms with Crippen LogP contribution in [0, 0.1) is 11.6 Å². The van der Waals surface area contributed by atoms with Gasteiger partial charge in [0.05, 0.1) is 6.61 Å². The van der Waals surface area contributed by atoms with Gasteiger partial charge < -0.3 is 20.1 Å². The fourth-order valence-corrected chi connectivity index (χ4v) is 2.09. The third-order valence-corrected chi connectivity index (χ3v) is 3.47. The molecule has 148 valence electrons. The van der Waals surface area contributed by atoms with Gasteiger partial charge in [-0.1, -0.05) is 6.07 Å². The molecule has 0 aliphatic heterocycles. The van der Waals surface area contributed by atoms with Crippen LogP contribution in [0.5, 0.6) is 5.88 Å². The first-order chi connectivity index (χ1) is 12.6. The summed E-state index contributed by atoms with van der Waals surface area (Å²) in [5.74, 6) is 0.0385. The van der Waals surface area contributed by atoms with Crippen molar-refractivity contribution in [3.8, 4) is 5.88 Å². The molecule has 0 aliphatic rings. The number of aliphatic imine (C=N–C) groups is 1. The number of pyridine rings is 1. The molecule has 0 fully saturated rings. The van der Waals surface area contributed by atoms with Crippen LogP contribution < -0.4 is 15.4 Å². The molecular weight excluding hydrogens is 469 g/mol. The third-order valence-electron chi connectivity index (χ3n) is 3.47. The first-order valence-electron chi connectivity index (χ1n) is 8.07. The molecule has 0 radical (unpaired) electrons. The second kappa shape index (κ2) is 12.4. The first-order valence-corrected chi connectivity index (χ1v) is 8.07. The molecule has 0 saturated carbocycles. The van der Waals surface area contributed by atoms with Gasteiger partial charge in [-0.3, -0.25) is 4.99 Å². The number of nitrogens with one attached hydrogen (secondary N) is 2. The number of ether oxygens (including phenoxy) is 2. The van der Waals surface area contributed by atoms with E-state index >= 15 is 0 Å². The highest BCUT2D eigenvalue weighted by Crippen LogP contribution is 2.09. The van der Waals surface area contributed by atoms with Gasteiger partial charge in [-0.15, -0.1) is 24.0 Å². The quantitative estimate of drug-likeness (QED) is 0.257. The van der Waals surface area contributed by atoms with Gasteiger partial charge in [0.2, 0.25) is 5.88 Å². The van der Waals surface area contributed by atoms with E-state index in [1.807, 2.05) is 6.07 Å². The Hall–Kier alpha value is -2.01. The van der Waals surface area contributed by atoms with Crippen molar-refractivity contribution in [1.82, 2.24) is 15.6 Å². The molecule has 6 nitrogen and oxygen atoms in total. The highest BCUT2D eigenvalue weighted by molar-refractivity contribution is 14.0. The second-order valence-electron chi connectivity index (χ2n) is 5.36. The predicted molar refractivity (Wildman–Crippen MR) is 110 cm³/mol. The lowest BCUT2D eigenvalue weighted by Crippen LogP contribution is -2.36. The van der Waals surface area contributed by atoms with Crippen LogP contribution in [0.25, 0.3) is 0 Å². The molecular formula is C18H23F2IN4O2.